The third kappa shape index (κ3) is 4.35. The van der Waals surface area contributed by atoms with Crippen LogP contribution in [0.4, 0.5) is 0 Å². The van der Waals surface area contributed by atoms with Crippen LogP contribution in [-0.4, -0.2) is 21.0 Å². The van der Waals surface area contributed by atoms with Gasteiger partial charge in [-0.2, -0.15) is 0 Å². The van der Waals surface area contributed by atoms with Crippen LogP contribution in [0.25, 0.3) is 0 Å². The normalized spacial score (nSPS) is 11.4. The van der Waals surface area contributed by atoms with Crippen molar-refractivity contribution >= 4 is 39.2 Å². The SMILES string of the molecule is CCCCOC(=O)c1cc(Cl)c(Cl)c(S(N)(=O)=O)c1. The van der Waals surface area contributed by atoms with Gasteiger partial charge in [0.1, 0.15) is 4.90 Å². The van der Waals surface area contributed by atoms with Gasteiger partial charge in [-0.15, -0.1) is 0 Å². The number of hydrogen-bond acceptors (Lipinski definition) is 4. The van der Waals surface area contributed by atoms with E-state index in [1.807, 2.05) is 6.92 Å². The highest BCUT2D eigenvalue weighted by Gasteiger charge is 2.20. The summed E-state index contributed by atoms with van der Waals surface area (Å²) < 4.78 is 27.6. The summed E-state index contributed by atoms with van der Waals surface area (Å²) in [6.07, 6.45) is 1.59. The lowest BCUT2D eigenvalue weighted by atomic mass is 10.2. The maximum absolute atomic E-state index is 11.7. The van der Waals surface area contributed by atoms with Crippen LogP contribution in [-0.2, 0) is 14.8 Å². The number of benzene rings is 1. The monoisotopic (exact) mass is 325 g/mol. The summed E-state index contributed by atoms with van der Waals surface area (Å²) >= 11 is 11.5. The lowest BCUT2D eigenvalue weighted by Gasteiger charge is -2.08. The lowest BCUT2D eigenvalue weighted by molar-refractivity contribution is 0.0499. The van der Waals surface area contributed by atoms with Crippen molar-refractivity contribution in [2.24, 2.45) is 5.14 Å². The Kier molecular flexibility index (Phi) is 5.61. The second-order valence-electron chi connectivity index (χ2n) is 3.80. The molecule has 0 aliphatic rings. The average Bonchev–Trinajstić information content (AvgIpc) is 2.31. The smallest absolute Gasteiger partial charge is 0.338 e. The lowest BCUT2D eigenvalue weighted by Crippen LogP contribution is -2.15. The van der Waals surface area contributed by atoms with Crippen molar-refractivity contribution in [1.29, 1.82) is 0 Å². The zero-order chi connectivity index (χ0) is 14.6. The molecule has 8 heteroatoms. The zero-order valence-corrected chi connectivity index (χ0v) is 12.5. The van der Waals surface area contributed by atoms with E-state index in [0.717, 1.165) is 18.9 Å². The fraction of sp³-hybridized carbons (Fsp3) is 0.364. The summed E-state index contributed by atoms with van der Waals surface area (Å²) in [5.74, 6) is -0.670. The van der Waals surface area contributed by atoms with Gasteiger partial charge in [-0.1, -0.05) is 36.5 Å². The van der Waals surface area contributed by atoms with Gasteiger partial charge in [0, 0.05) is 0 Å². The molecule has 0 heterocycles. The molecule has 0 saturated heterocycles. The van der Waals surface area contributed by atoms with E-state index in [9.17, 15) is 13.2 Å². The van der Waals surface area contributed by atoms with E-state index in [1.54, 1.807) is 0 Å². The van der Waals surface area contributed by atoms with Crippen LogP contribution in [0, 0.1) is 0 Å². The number of rotatable bonds is 5. The molecule has 0 amide bonds. The van der Waals surface area contributed by atoms with E-state index in [2.05, 4.69) is 0 Å². The van der Waals surface area contributed by atoms with Gasteiger partial charge >= 0.3 is 5.97 Å². The van der Waals surface area contributed by atoms with E-state index >= 15 is 0 Å². The Balaban J connectivity index is 3.11. The maximum atomic E-state index is 11.7. The number of nitrogens with two attached hydrogens (primary N) is 1. The molecule has 5 nitrogen and oxygen atoms in total. The summed E-state index contributed by atoms with van der Waals surface area (Å²) in [5.41, 5.74) is -0.00507. The predicted octanol–water partition coefficient (Wildman–Crippen LogP) is 2.60. The number of unbranched alkanes of at least 4 members (excludes halogenated alkanes) is 1. The highest BCUT2D eigenvalue weighted by atomic mass is 35.5. The molecule has 0 atom stereocenters. The molecular weight excluding hydrogens is 313 g/mol. The maximum Gasteiger partial charge on any atom is 0.338 e. The van der Waals surface area contributed by atoms with Crippen LogP contribution >= 0.6 is 23.2 Å². The number of halogens is 2. The van der Waals surface area contributed by atoms with E-state index in [1.165, 1.54) is 6.07 Å². The summed E-state index contributed by atoms with van der Waals surface area (Å²) in [6.45, 7) is 2.20. The highest BCUT2D eigenvalue weighted by Crippen LogP contribution is 2.30. The molecule has 0 unspecified atom stereocenters. The Morgan fingerprint density at radius 2 is 2.00 bits per heavy atom. The van der Waals surface area contributed by atoms with Crippen molar-refractivity contribution in [2.75, 3.05) is 6.61 Å². The van der Waals surface area contributed by atoms with Crippen molar-refractivity contribution in [1.82, 2.24) is 0 Å². The Morgan fingerprint density at radius 3 is 2.53 bits per heavy atom. The minimum absolute atomic E-state index is 0.00507. The van der Waals surface area contributed by atoms with Gasteiger partial charge in [-0.3, -0.25) is 0 Å². The average molecular weight is 326 g/mol. The molecule has 0 bridgehead atoms. The Bertz CT molecular complexity index is 587. The first-order chi connectivity index (χ1) is 8.77. The van der Waals surface area contributed by atoms with E-state index in [4.69, 9.17) is 33.1 Å². The third-order valence-electron chi connectivity index (χ3n) is 2.27. The molecule has 106 valence electrons. The summed E-state index contributed by atoms with van der Waals surface area (Å²) in [7, 11) is -4.06. The second-order valence-corrected chi connectivity index (χ2v) is 6.12. The Hall–Kier alpha value is -0.820. The van der Waals surface area contributed by atoms with Crippen LogP contribution < -0.4 is 5.14 Å². The van der Waals surface area contributed by atoms with Crippen molar-refractivity contribution in [3.8, 4) is 0 Å². The fourth-order valence-electron chi connectivity index (χ4n) is 1.28. The van der Waals surface area contributed by atoms with Gasteiger partial charge in [0.15, 0.2) is 0 Å². The van der Waals surface area contributed by atoms with Crippen LogP contribution in [0.1, 0.15) is 30.1 Å². The van der Waals surface area contributed by atoms with Gasteiger partial charge in [0.25, 0.3) is 0 Å². The number of carbonyl (C=O) groups is 1. The minimum atomic E-state index is -4.06. The molecule has 1 rings (SSSR count). The van der Waals surface area contributed by atoms with Crippen molar-refractivity contribution in [3.63, 3.8) is 0 Å². The van der Waals surface area contributed by atoms with Gasteiger partial charge < -0.3 is 4.74 Å². The molecule has 0 fully saturated rings. The Labute approximate surface area is 121 Å². The summed E-state index contributed by atoms with van der Waals surface area (Å²) in [6, 6.07) is 2.30. The number of esters is 1. The van der Waals surface area contributed by atoms with Crippen molar-refractivity contribution in [2.45, 2.75) is 24.7 Å². The topological polar surface area (TPSA) is 86.5 Å². The molecule has 0 aliphatic carbocycles. The van der Waals surface area contributed by atoms with Crippen LogP contribution in [0.3, 0.4) is 0 Å². The molecule has 1 aromatic carbocycles. The summed E-state index contributed by atoms with van der Waals surface area (Å²) in [5, 5.41) is 4.71. The van der Waals surface area contributed by atoms with Crippen molar-refractivity contribution in [3.05, 3.63) is 27.7 Å². The van der Waals surface area contributed by atoms with Crippen molar-refractivity contribution < 1.29 is 17.9 Å². The first-order valence-electron chi connectivity index (χ1n) is 5.46. The molecule has 0 aromatic heterocycles. The number of carbonyl (C=O) groups excluding carboxylic acids is 1. The number of ether oxygens (including phenoxy) is 1. The van der Waals surface area contributed by atoms with E-state index in [-0.39, 0.29) is 22.2 Å². The molecular formula is C11H13Cl2NO4S. The first kappa shape index (κ1) is 16.2. The zero-order valence-electron chi connectivity index (χ0n) is 10.2. The van der Waals surface area contributed by atoms with Gasteiger partial charge in [0.05, 0.1) is 22.2 Å². The highest BCUT2D eigenvalue weighted by molar-refractivity contribution is 7.89. The second kappa shape index (κ2) is 6.56. The minimum Gasteiger partial charge on any atom is -0.462 e. The number of primary sulfonamides is 1. The number of sulfonamides is 1. The fourth-order valence-corrected chi connectivity index (χ4v) is 2.64. The van der Waals surface area contributed by atoms with Gasteiger partial charge in [0.2, 0.25) is 10.0 Å². The van der Waals surface area contributed by atoms with Gasteiger partial charge in [-0.25, -0.2) is 18.4 Å². The van der Waals surface area contributed by atoms with Gasteiger partial charge in [-0.05, 0) is 18.6 Å². The van der Waals surface area contributed by atoms with Crippen LogP contribution in [0.2, 0.25) is 10.0 Å². The van der Waals surface area contributed by atoms with Crippen LogP contribution in [0.5, 0.6) is 0 Å². The predicted molar refractivity (Wildman–Crippen MR) is 73.0 cm³/mol. The third-order valence-corrected chi connectivity index (χ3v) is 4.12. The molecule has 19 heavy (non-hydrogen) atoms. The molecule has 0 radical (unpaired) electrons. The quantitative estimate of drug-likeness (QED) is 0.665. The Morgan fingerprint density at radius 1 is 1.37 bits per heavy atom. The molecule has 0 spiro atoms. The van der Waals surface area contributed by atoms with E-state index < -0.39 is 20.9 Å². The molecule has 0 aliphatic heterocycles. The molecule has 1 aromatic rings. The summed E-state index contributed by atoms with van der Waals surface area (Å²) in [4.78, 5) is 11.3. The molecule has 2 N–H and O–H groups in total. The first-order valence-corrected chi connectivity index (χ1v) is 7.76. The largest absolute Gasteiger partial charge is 0.462 e. The van der Waals surface area contributed by atoms with E-state index in [0.29, 0.717) is 0 Å². The molecule has 0 saturated carbocycles. The van der Waals surface area contributed by atoms with Crippen LogP contribution in [0.15, 0.2) is 17.0 Å². The number of hydrogen-bond donors (Lipinski definition) is 1. The standard InChI is InChI=1S/C11H13Cl2NO4S/c1-2-3-4-18-11(15)7-5-8(12)10(13)9(6-7)19(14,16)17/h5-6H,2-4H2,1H3,(H2,14,16,17).